The molecule has 1 aromatic carbocycles. The highest BCUT2D eigenvalue weighted by atomic mass is 32.2. The molecule has 0 unspecified atom stereocenters. The first-order valence-electron chi connectivity index (χ1n) is 6.82. The maximum absolute atomic E-state index is 5.77. The maximum Gasteiger partial charge on any atom is 0.224 e. The van der Waals surface area contributed by atoms with Gasteiger partial charge in [0.15, 0.2) is 0 Å². The van der Waals surface area contributed by atoms with Gasteiger partial charge in [0.1, 0.15) is 23.6 Å². The summed E-state index contributed by atoms with van der Waals surface area (Å²) in [4.78, 5) is 10.8. The van der Waals surface area contributed by atoms with Crippen LogP contribution in [0, 0.1) is 0 Å². The fourth-order valence-corrected chi connectivity index (χ4v) is 3.02. The van der Waals surface area contributed by atoms with Crippen LogP contribution in [0.4, 0.5) is 5.82 Å². The summed E-state index contributed by atoms with van der Waals surface area (Å²) >= 11 is 1.98. The zero-order valence-electron chi connectivity index (χ0n) is 11.9. The van der Waals surface area contributed by atoms with Crippen LogP contribution in [0.25, 0.3) is 0 Å². The number of aromatic nitrogens is 2. The lowest BCUT2D eigenvalue weighted by atomic mass is 10.3. The third kappa shape index (κ3) is 3.58. The Kier molecular flexibility index (Phi) is 4.45. The molecule has 0 aliphatic carbocycles. The quantitative estimate of drug-likeness (QED) is 0.865. The number of thioether (sulfide) groups is 1. The van der Waals surface area contributed by atoms with Crippen molar-refractivity contribution in [2.24, 2.45) is 0 Å². The van der Waals surface area contributed by atoms with Gasteiger partial charge in [-0.1, -0.05) is 0 Å². The summed E-state index contributed by atoms with van der Waals surface area (Å²) in [6.07, 6.45) is 1.55. The van der Waals surface area contributed by atoms with Crippen LogP contribution in [0.1, 0.15) is 0 Å². The van der Waals surface area contributed by atoms with Crippen LogP contribution in [0.5, 0.6) is 17.4 Å². The highest BCUT2D eigenvalue weighted by Crippen LogP contribution is 2.25. The highest BCUT2D eigenvalue weighted by molar-refractivity contribution is 7.99. The van der Waals surface area contributed by atoms with Crippen LogP contribution in [-0.2, 0) is 0 Å². The second-order valence-corrected chi connectivity index (χ2v) is 5.82. The Hall–Kier alpha value is -1.95. The Balaban J connectivity index is 1.72. The smallest absolute Gasteiger partial charge is 0.224 e. The third-order valence-corrected chi connectivity index (χ3v) is 4.19. The van der Waals surface area contributed by atoms with E-state index in [2.05, 4.69) is 14.9 Å². The zero-order chi connectivity index (χ0) is 14.5. The van der Waals surface area contributed by atoms with Crippen LogP contribution < -0.4 is 14.4 Å². The summed E-state index contributed by atoms with van der Waals surface area (Å²) < 4.78 is 10.9. The summed E-state index contributed by atoms with van der Waals surface area (Å²) in [5, 5.41) is 0. The van der Waals surface area contributed by atoms with E-state index in [1.165, 1.54) is 0 Å². The van der Waals surface area contributed by atoms with E-state index < -0.39 is 0 Å². The van der Waals surface area contributed by atoms with Crippen LogP contribution >= 0.6 is 11.8 Å². The van der Waals surface area contributed by atoms with E-state index in [4.69, 9.17) is 9.47 Å². The lowest BCUT2D eigenvalue weighted by molar-refractivity contribution is 0.412. The van der Waals surface area contributed by atoms with Crippen molar-refractivity contribution in [3.05, 3.63) is 36.7 Å². The Morgan fingerprint density at radius 2 is 1.76 bits per heavy atom. The van der Waals surface area contributed by atoms with Crippen molar-refractivity contribution < 1.29 is 9.47 Å². The molecule has 110 valence electrons. The summed E-state index contributed by atoms with van der Waals surface area (Å²) in [5.41, 5.74) is 0. The van der Waals surface area contributed by atoms with Gasteiger partial charge in [0.25, 0.3) is 0 Å². The monoisotopic (exact) mass is 303 g/mol. The van der Waals surface area contributed by atoms with Crippen molar-refractivity contribution in [1.29, 1.82) is 0 Å². The first kappa shape index (κ1) is 14.0. The number of methoxy groups -OCH3 is 1. The van der Waals surface area contributed by atoms with Gasteiger partial charge in [-0.2, -0.15) is 11.8 Å². The molecule has 0 amide bonds. The molecule has 1 aliphatic rings. The van der Waals surface area contributed by atoms with Crippen molar-refractivity contribution in [2.75, 3.05) is 36.6 Å². The van der Waals surface area contributed by atoms with Gasteiger partial charge in [0, 0.05) is 30.7 Å². The van der Waals surface area contributed by atoms with Crippen LogP contribution in [0.3, 0.4) is 0 Å². The van der Waals surface area contributed by atoms with Gasteiger partial charge in [0.2, 0.25) is 5.88 Å². The number of ether oxygens (including phenoxy) is 2. The van der Waals surface area contributed by atoms with E-state index in [1.807, 2.05) is 42.1 Å². The molecule has 0 saturated carbocycles. The molecule has 6 heteroatoms. The Morgan fingerprint density at radius 3 is 2.48 bits per heavy atom. The van der Waals surface area contributed by atoms with Crippen LogP contribution in [-0.4, -0.2) is 41.7 Å². The van der Waals surface area contributed by atoms with Crippen LogP contribution in [0.2, 0.25) is 0 Å². The minimum atomic E-state index is 0.559. The largest absolute Gasteiger partial charge is 0.497 e. The summed E-state index contributed by atoms with van der Waals surface area (Å²) in [6.45, 7) is 2.04. The summed E-state index contributed by atoms with van der Waals surface area (Å²) in [6, 6.07) is 9.33. The van der Waals surface area contributed by atoms with E-state index in [0.717, 1.165) is 41.9 Å². The predicted molar refractivity (Wildman–Crippen MR) is 84.6 cm³/mol. The van der Waals surface area contributed by atoms with Crippen molar-refractivity contribution in [1.82, 2.24) is 9.97 Å². The molecule has 1 fully saturated rings. The lowest BCUT2D eigenvalue weighted by Crippen LogP contribution is -2.33. The van der Waals surface area contributed by atoms with E-state index in [-0.39, 0.29) is 0 Å². The van der Waals surface area contributed by atoms with E-state index in [9.17, 15) is 0 Å². The van der Waals surface area contributed by atoms with Gasteiger partial charge in [-0.05, 0) is 24.3 Å². The number of hydrogen-bond acceptors (Lipinski definition) is 6. The molecule has 1 aromatic heterocycles. The molecule has 0 spiro atoms. The molecule has 0 bridgehead atoms. The van der Waals surface area contributed by atoms with Gasteiger partial charge < -0.3 is 14.4 Å². The minimum Gasteiger partial charge on any atom is -0.497 e. The third-order valence-electron chi connectivity index (χ3n) is 3.24. The zero-order valence-corrected chi connectivity index (χ0v) is 12.7. The lowest BCUT2D eigenvalue weighted by Gasteiger charge is -2.27. The van der Waals surface area contributed by atoms with Crippen molar-refractivity contribution in [2.45, 2.75) is 0 Å². The molecule has 2 heterocycles. The van der Waals surface area contributed by atoms with Gasteiger partial charge in [0.05, 0.1) is 7.11 Å². The number of anilines is 1. The Labute approximate surface area is 128 Å². The maximum atomic E-state index is 5.77. The van der Waals surface area contributed by atoms with Gasteiger partial charge in [-0.25, -0.2) is 9.97 Å². The molecule has 0 atom stereocenters. The fraction of sp³-hybridized carbons (Fsp3) is 0.333. The molecule has 0 N–H and O–H groups in total. The molecular formula is C15H17N3O2S. The van der Waals surface area contributed by atoms with Crippen molar-refractivity contribution in [3.63, 3.8) is 0 Å². The Bertz CT molecular complexity index is 586. The second-order valence-electron chi connectivity index (χ2n) is 4.59. The van der Waals surface area contributed by atoms with E-state index >= 15 is 0 Å². The fourth-order valence-electron chi connectivity index (χ4n) is 2.12. The van der Waals surface area contributed by atoms with Gasteiger partial charge in [-0.15, -0.1) is 0 Å². The standard InChI is InChI=1S/C15H17N3O2S/c1-19-12-2-4-13(5-3-12)20-15-10-14(16-11-17-15)18-6-8-21-9-7-18/h2-5,10-11H,6-9H2,1H3. The summed E-state index contributed by atoms with van der Waals surface area (Å²) in [5.74, 6) is 5.29. The molecule has 21 heavy (non-hydrogen) atoms. The molecule has 5 nitrogen and oxygen atoms in total. The van der Waals surface area contributed by atoms with E-state index in [1.54, 1.807) is 13.4 Å². The van der Waals surface area contributed by atoms with Crippen molar-refractivity contribution >= 4 is 17.6 Å². The normalized spacial score (nSPS) is 14.8. The average Bonchev–Trinajstić information content (AvgIpc) is 2.57. The molecular weight excluding hydrogens is 286 g/mol. The van der Waals surface area contributed by atoms with Crippen LogP contribution in [0.15, 0.2) is 36.7 Å². The molecule has 2 aromatic rings. The molecule has 1 aliphatic heterocycles. The number of benzene rings is 1. The number of rotatable bonds is 4. The van der Waals surface area contributed by atoms with Gasteiger partial charge >= 0.3 is 0 Å². The summed E-state index contributed by atoms with van der Waals surface area (Å²) in [7, 11) is 1.64. The molecule has 0 radical (unpaired) electrons. The number of nitrogens with zero attached hydrogens (tertiary/aromatic N) is 3. The topological polar surface area (TPSA) is 47.5 Å². The minimum absolute atomic E-state index is 0.559. The predicted octanol–water partition coefficient (Wildman–Crippen LogP) is 2.83. The highest BCUT2D eigenvalue weighted by Gasteiger charge is 2.13. The molecule has 1 saturated heterocycles. The Morgan fingerprint density at radius 1 is 1.05 bits per heavy atom. The van der Waals surface area contributed by atoms with Gasteiger partial charge in [-0.3, -0.25) is 0 Å². The first-order chi connectivity index (χ1) is 10.3. The SMILES string of the molecule is COc1ccc(Oc2cc(N3CCSCC3)ncn2)cc1. The second kappa shape index (κ2) is 6.67. The average molecular weight is 303 g/mol. The van der Waals surface area contributed by atoms with E-state index in [0.29, 0.717) is 5.88 Å². The van der Waals surface area contributed by atoms with Crippen molar-refractivity contribution in [3.8, 4) is 17.4 Å². The molecule has 3 rings (SSSR count). The number of hydrogen-bond donors (Lipinski definition) is 0. The first-order valence-corrected chi connectivity index (χ1v) is 7.97.